The van der Waals surface area contributed by atoms with Crippen molar-refractivity contribution in [2.45, 2.75) is 39.3 Å². The predicted molar refractivity (Wildman–Crippen MR) is 78.0 cm³/mol. The van der Waals surface area contributed by atoms with Crippen molar-refractivity contribution in [3.63, 3.8) is 0 Å². The second kappa shape index (κ2) is 6.22. The summed E-state index contributed by atoms with van der Waals surface area (Å²) in [5.74, 6) is -0.0231. The van der Waals surface area contributed by atoms with Gasteiger partial charge in [-0.15, -0.1) is 0 Å². The molecule has 0 radical (unpaired) electrons. The van der Waals surface area contributed by atoms with Gasteiger partial charge in [0.2, 0.25) is 0 Å². The highest BCUT2D eigenvalue weighted by molar-refractivity contribution is 5.75. The second-order valence-corrected chi connectivity index (χ2v) is 5.40. The molecule has 1 heterocycles. The molecule has 1 aromatic rings. The van der Waals surface area contributed by atoms with Crippen LogP contribution in [0.25, 0.3) is 0 Å². The number of benzene rings is 1. The number of carbonyl (C=O) groups is 1. The first-order valence-corrected chi connectivity index (χ1v) is 7.12. The number of rotatable bonds is 4. The van der Waals surface area contributed by atoms with Crippen LogP contribution in [0.4, 0.5) is 5.69 Å². The lowest BCUT2D eigenvalue weighted by molar-refractivity contribution is -0.385. The third-order valence-corrected chi connectivity index (χ3v) is 3.93. The average molecular weight is 292 g/mol. The molecule has 0 fully saturated rings. The monoisotopic (exact) mass is 292 g/mol. The molecule has 2 rings (SSSR count). The summed E-state index contributed by atoms with van der Waals surface area (Å²) >= 11 is 0. The second-order valence-electron chi connectivity index (χ2n) is 5.40. The van der Waals surface area contributed by atoms with E-state index < -0.39 is 4.92 Å². The topological polar surface area (TPSA) is 72.7 Å². The number of non-ortho nitro benzene ring substituents is 1. The van der Waals surface area contributed by atoms with Crippen molar-refractivity contribution in [1.29, 1.82) is 0 Å². The maximum Gasteiger partial charge on any atom is 0.323 e. The number of nitro groups is 1. The van der Waals surface area contributed by atoms with Crippen LogP contribution in [0.2, 0.25) is 0 Å². The van der Waals surface area contributed by atoms with Crippen LogP contribution in [-0.4, -0.2) is 35.0 Å². The van der Waals surface area contributed by atoms with Crippen LogP contribution in [0.5, 0.6) is 0 Å². The van der Waals surface area contributed by atoms with Crippen molar-refractivity contribution < 1.29 is 14.5 Å². The molecule has 0 spiro atoms. The number of ether oxygens (including phenoxy) is 1. The highest BCUT2D eigenvalue weighted by atomic mass is 16.6. The van der Waals surface area contributed by atoms with Gasteiger partial charge in [0.05, 0.1) is 11.5 Å². The van der Waals surface area contributed by atoms with Crippen LogP contribution in [0.15, 0.2) is 18.2 Å². The fraction of sp³-hybridized carbons (Fsp3) is 0.533. The van der Waals surface area contributed by atoms with Gasteiger partial charge in [-0.1, -0.05) is 13.0 Å². The minimum Gasteiger partial charge on any atom is -0.465 e. The van der Waals surface area contributed by atoms with Gasteiger partial charge in [0.15, 0.2) is 0 Å². The molecule has 0 aromatic heterocycles. The zero-order valence-corrected chi connectivity index (χ0v) is 12.5. The van der Waals surface area contributed by atoms with Crippen LogP contribution in [-0.2, 0) is 16.1 Å². The zero-order chi connectivity index (χ0) is 15.6. The first-order valence-electron chi connectivity index (χ1n) is 7.12. The highest BCUT2D eigenvalue weighted by Gasteiger charge is 2.30. The van der Waals surface area contributed by atoms with Crippen molar-refractivity contribution in [1.82, 2.24) is 4.90 Å². The van der Waals surface area contributed by atoms with Crippen molar-refractivity contribution >= 4 is 11.7 Å². The standard InChI is InChI=1S/C15H20N2O4/c1-4-21-15(18)11(3)16-8-10(2)14-6-5-13(17(19)20)7-12(14)9-16/h5-7,10-11H,4,8-9H2,1-3H3. The van der Waals surface area contributed by atoms with Crippen LogP contribution >= 0.6 is 0 Å². The third-order valence-electron chi connectivity index (χ3n) is 3.93. The van der Waals surface area contributed by atoms with E-state index >= 15 is 0 Å². The molecule has 2 atom stereocenters. The number of hydrogen-bond acceptors (Lipinski definition) is 5. The zero-order valence-electron chi connectivity index (χ0n) is 12.5. The summed E-state index contributed by atoms with van der Waals surface area (Å²) in [7, 11) is 0. The van der Waals surface area contributed by atoms with Gasteiger partial charge in [0, 0.05) is 25.2 Å². The molecule has 114 valence electrons. The molecule has 0 amide bonds. The lowest BCUT2D eigenvalue weighted by Crippen LogP contribution is -2.44. The van der Waals surface area contributed by atoms with Gasteiger partial charge in [0.25, 0.3) is 5.69 Å². The molecule has 0 saturated carbocycles. The summed E-state index contributed by atoms with van der Waals surface area (Å²) in [6.07, 6.45) is 0. The van der Waals surface area contributed by atoms with E-state index in [2.05, 4.69) is 6.92 Å². The van der Waals surface area contributed by atoms with Gasteiger partial charge in [0.1, 0.15) is 6.04 Å². The summed E-state index contributed by atoms with van der Waals surface area (Å²) in [6.45, 7) is 7.28. The van der Waals surface area contributed by atoms with Gasteiger partial charge in [-0.2, -0.15) is 0 Å². The van der Waals surface area contributed by atoms with E-state index in [1.807, 2.05) is 17.9 Å². The Hall–Kier alpha value is -1.95. The fourth-order valence-electron chi connectivity index (χ4n) is 2.76. The Balaban J connectivity index is 2.23. The van der Waals surface area contributed by atoms with Crippen molar-refractivity contribution in [2.24, 2.45) is 0 Å². The van der Waals surface area contributed by atoms with Crippen LogP contribution in [0.1, 0.15) is 37.8 Å². The normalized spacial score (nSPS) is 19.7. The maximum absolute atomic E-state index is 11.9. The summed E-state index contributed by atoms with van der Waals surface area (Å²) in [4.78, 5) is 24.4. The summed E-state index contributed by atoms with van der Waals surface area (Å²) in [6, 6.07) is 4.62. The first kappa shape index (κ1) is 15.4. The Labute approximate surface area is 123 Å². The number of nitro benzene ring substituents is 1. The van der Waals surface area contributed by atoms with E-state index in [1.165, 1.54) is 0 Å². The van der Waals surface area contributed by atoms with E-state index in [4.69, 9.17) is 4.74 Å². The highest BCUT2D eigenvalue weighted by Crippen LogP contribution is 2.31. The van der Waals surface area contributed by atoms with Crippen molar-refractivity contribution in [2.75, 3.05) is 13.2 Å². The number of fused-ring (bicyclic) bond motifs is 1. The molecule has 0 N–H and O–H groups in total. The van der Waals surface area contributed by atoms with E-state index in [1.54, 1.807) is 19.1 Å². The van der Waals surface area contributed by atoms with Crippen LogP contribution < -0.4 is 0 Å². The third kappa shape index (κ3) is 3.21. The molecule has 0 saturated heterocycles. The average Bonchev–Trinajstić information content (AvgIpc) is 2.45. The lowest BCUT2D eigenvalue weighted by Gasteiger charge is -2.35. The van der Waals surface area contributed by atoms with E-state index in [-0.39, 0.29) is 23.6 Å². The molecule has 6 heteroatoms. The predicted octanol–water partition coefficient (Wildman–Crippen LogP) is 2.47. The van der Waals surface area contributed by atoms with Gasteiger partial charge in [-0.05, 0) is 30.9 Å². The van der Waals surface area contributed by atoms with E-state index in [9.17, 15) is 14.9 Å². The van der Waals surface area contributed by atoms with Gasteiger partial charge < -0.3 is 4.74 Å². The number of nitrogens with zero attached hydrogens (tertiary/aromatic N) is 2. The van der Waals surface area contributed by atoms with Gasteiger partial charge in [-0.3, -0.25) is 19.8 Å². The van der Waals surface area contributed by atoms with E-state index in [0.717, 1.165) is 17.7 Å². The maximum atomic E-state index is 11.9. The minimum atomic E-state index is -0.390. The minimum absolute atomic E-state index is 0.0894. The summed E-state index contributed by atoms with van der Waals surface area (Å²) < 4.78 is 5.05. The Morgan fingerprint density at radius 1 is 1.57 bits per heavy atom. The SMILES string of the molecule is CCOC(=O)C(C)N1Cc2cc([N+](=O)[O-])ccc2C(C)C1. The Morgan fingerprint density at radius 3 is 2.90 bits per heavy atom. The fourth-order valence-corrected chi connectivity index (χ4v) is 2.76. The summed E-state index contributed by atoms with van der Waals surface area (Å²) in [5, 5.41) is 10.9. The van der Waals surface area contributed by atoms with Gasteiger partial charge in [-0.25, -0.2) is 0 Å². The largest absolute Gasteiger partial charge is 0.465 e. The molecule has 0 aliphatic carbocycles. The Bertz CT molecular complexity index is 559. The molecule has 21 heavy (non-hydrogen) atoms. The Morgan fingerprint density at radius 2 is 2.29 bits per heavy atom. The number of carbonyl (C=O) groups excluding carboxylic acids is 1. The molecular weight excluding hydrogens is 272 g/mol. The molecule has 1 aliphatic rings. The summed E-state index contributed by atoms with van der Waals surface area (Å²) in [5.41, 5.74) is 2.12. The van der Waals surface area contributed by atoms with Crippen LogP contribution in [0, 0.1) is 10.1 Å². The van der Waals surface area contributed by atoms with Crippen LogP contribution in [0.3, 0.4) is 0 Å². The number of esters is 1. The Kier molecular flexibility index (Phi) is 4.57. The number of hydrogen-bond donors (Lipinski definition) is 0. The lowest BCUT2D eigenvalue weighted by atomic mass is 9.90. The molecule has 2 unspecified atom stereocenters. The molecular formula is C15H20N2O4. The molecule has 1 aromatic carbocycles. The molecule has 6 nitrogen and oxygen atoms in total. The van der Waals surface area contributed by atoms with Crippen molar-refractivity contribution in [3.8, 4) is 0 Å². The van der Waals surface area contributed by atoms with Gasteiger partial charge >= 0.3 is 5.97 Å². The van der Waals surface area contributed by atoms with E-state index in [0.29, 0.717) is 13.2 Å². The quantitative estimate of drug-likeness (QED) is 0.484. The molecule has 1 aliphatic heterocycles. The van der Waals surface area contributed by atoms with Crippen molar-refractivity contribution in [3.05, 3.63) is 39.4 Å². The first-order chi connectivity index (χ1) is 9.93. The molecule has 0 bridgehead atoms. The smallest absolute Gasteiger partial charge is 0.323 e.